The van der Waals surface area contributed by atoms with Crippen molar-refractivity contribution in [1.82, 2.24) is 10.9 Å². The largest absolute Gasteiger partial charge is 0.363 e. The third kappa shape index (κ3) is 4.61. The highest BCUT2D eigenvalue weighted by molar-refractivity contribution is 5.82. The summed E-state index contributed by atoms with van der Waals surface area (Å²) < 4.78 is 10.4. The summed E-state index contributed by atoms with van der Waals surface area (Å²) in [6.07, 6.45) is -0.0637. The Bertz CT molecular complexity index is 338. The zero-order valence-corrected chi connectivity index (χ0v) is 9.13. The molecule has 0 aliphatic carbocycles. The Labute approximate surface area is 96.2 Å². The highest BCUT2D eigenvalue weighted by atomic mass is 16.7. The predicted molar refractivity (Wildman–Crippen MR) is 54.8 cm³/mol. The second kappa shape index (κ2) is 5.41. The highest BCUT2D eigenvalue weighted by Gasteiger charge is 2.33. The van der Waals surface area contributed by atoms with Gasteiger partial charge in [-0.25, -0.2) is 10.1 Å². The van der Waals surface area contributed by atoms with Crippen LogP contribution in [0.2, 0.25) is 0 Å². The first-order chi connectivity index (χ1) is 7.91. The lowest BCUT2D eigenvalue weighted by Crippen LogP contribution is -2.48. The van der Waals surface area contributed by atoms with Gasteiger partial charge in [0.1, 0.15) is 5.10 Å². The second-order valence-electron chi connectivity index (χ2n) is 3.40. The van der Waals surface area contributed by atoms with E-state index in [1.165, 1.54) is 0 Å². The minimum Gasteiger partial charge on any atom is -0.363 e. The fourth-order valence-electron chi connectivity index (χ4n) is 1.24. The summed E-state index contributed by atoms with van der Waals surface area (Å²) in [5.74, 6) is -1.99. The number of hydrogen-bond donors (Lipinski definition) is 3. The van der Waals surface area contributed by atoms with E-state index in [4.69, 9.17) is 15.2 Å². The van der Waals surface area contributed by atoms with E-state index in [0.29, 0.717) is 13.2 Å². The van der Waals surface area contributed by atoms with E-state index in [1.807, 2.05) is 0 Å². The molecule has 0 aromatic carbocycles. The number of guanidine groups is 1. The van der Waals surface area contributed by atoms with Crippen molar-refractivity contribution in [2.45, 2.75) is 19.1 Å². The number of carbonyl (C=O) groups is 1. The van der Waals surface area contributed by atoms with Gasteiger partial charge in [-0.15, -0.1) is 0 Å². The molecule has 1 amide bonds. The second-order valence-corrected chi connectivity index (χ2v) is 3.40. The number of nitrogens with zero attached hydrogens (tertiary/aromatic N) is 2. The predicted octanol–water partition coefficient (Wildman–Crippen LogP) is -1.73. The summed E-state index contributed by atoms with van der Waals surface area (Å²) in [6, 6.07) is 0. The molecule has 1 aliphatic rings. The first-order valence-electron chi connectivity index (χ1n) is 4.72. The van der Waals surface area contributed by atoms with Gasteiger partial charge in [-0.05, 0) is 6.92 Å². The van der Waals surface area contributed by atoms with Crippen LogP contribution in [0.1, 0.15) is 13.3 Å². The number of hydrazone groups is 1. The van der Waals surface area contributed by atoms with Crippen LogP contribution in [0, 0.1) is 10.1 Å². The Morgan fingerprint density at radius 2 is 2.12 bits per heavy atom. The molecule has 96 valence electrons. The van der Waals surface area contributed by atoms with Gasteiger partial charge < -0.3 is 15.2 Å². The van der Waals surface area contributed by atoms with Crippen molar-refractivity contribution in [1.29, 1.82) is 0 Å². The summed E-state index contributed by atoms with van der Waals surface area (Å²) in [4.78, 5) is 21.3. The summed E-state index contributed by atoms with van der Waals surface area (Å²) in [5, 5.41) is 11.7. The minimum absolute atomic E-state index is 0.0637. The van der Waals surface area contributed by atoms with Gasteiger partial charge in [-0.1, -0.05) is 0 Å². The van der Waals surface area contributed by atoms with E-state index in [0.717, 1.165) is 0 Å². The number of hydrazine groups is 1. The maximum Gasteiger partial charge on any atom is 0.284 e. The van der Waals surface area contributed by atoms with E-state index >= 15 is 0 Å². The number of carbonyl (C=O) groups excluding carboxylic acids is 1. The van der Waals surface area contributed by atoms with Gasteiger partial charge in [0, 0.05) is 0 Å². The Balaban J connectivity index is 2.33. The molecule has 0 radical (unpaired) electrons. The van der Waals surface area contributed by atoms with Gasteiger partial charge in [0.05, 0.1) is 19.6 Å². The van der Waals surface area contributed by atoms with Crippen LogP contribution in [0.15, 0.2) is 5.10 Å². The number of rotatable bonds is 3. The summed E-state index contributed by atoms with van der Waals surface area (Å²) >= 11 is 0. The molecule has 10 nitrogen and oxygen atoms in total. The Morgan fingerprint density at radius 3 is 2.65 bits per heavy atom. The maximum absolute atomic E-state index is 11.4. The molecular formula is C7H13N5O5. The third-order valence-electron chi connectivity index (χ3n) is 1.90. The van der Waals surface area contributed by atoms with E-state index in [1.54, 1.807) is 6.92 Å². The molecule has 10 heteroatoms. The molecule has 0 unspecified atom stereocenters. The zero-order chi connectivity index (χ0) is 12.9. The molecule has 0 saturated carbocycles. The van der Waals surface area contributed by atoms with Gasteiger partial charge in [0.2, 0.25) is 5.91 Å². The lowest BCUT2D eigenvalue weighted by Gasteiger charge is -2.21. The van der Waals surface area contributed by atoms with Gasteiger partial charge >= 0.3 is 0 Å². The summed E-state index contributed by atoms with van der Waals surface area (Å²) in [7, 11) is 0. The van der Waals surface area contributed by atoms with Crippen LogP contribution < -0.4 is 16.6 Å². The fourth-order valence-corrected chi connectivity index (χ4v) is 1.24. The molecule has 1 saturated heterocycles. The summed E-state index contributed by atoms with van der Waals surface area (Å²) in [6.45, 7) is 2.46. The van der Waals surface area contributed by atoms with Crippen molar-refractivity contribution < 1.29 is 19.3 Å². The number of nitrogens with one attached hydrogen (secondary N) is 2. The van der Waals surface area contributed by atoms with Crippen LogP contribution in [0.4, 0.5) is 0 Å². The van der Waals surface area contributed by atoms with E-state index in [-0.39, 0.29) is 6.42 Å². The molecule has 4 N–H and O–H groups in total. The first kappa shape index (κ1) is 13.1. The number of nitro groups is 1. The quantitative estimate of drug-likeness (QED) is 0.233. The van der Waals surface area contributed by atoms with Crippen LogP contribution >= 0.6 is 0 Å². The van der Waals surface area contributed by atoms with Crippen molar-refractivity contribution in [3.63, 3.8) is 0 Å². The van der Waals surface area contributed by atoms with Crippen LogP contribution in [0.25, 0.3) is 0 Å². The van der Waals surface area contributed by atoms with Crippen molar-refractivity contribution >= 4 is 11.9 Å². The van der Waals surface area contributed by atoms with Crippen molar-refractivity contribution in [3.05, 3.63) is 10.1 Å². The molecule has 17 heavy (non-hydrogen) atoms. The normalized spacial score (nSPS) is 18.8. The summed E-state index contributed by atoms with van der Waals surface area (Å²) in [5.41, 5.74) is 9.30. The first-order valence-corrected chi connectivity index (χ1v) is 4.72. The molecular weight excluding hydrogens is 234 g/mol. The average Bonchev–Trinajstić information content (AvgIpc) is 2.61. The highest BCUT2D eigenvalue weighted by Crippen LogP contribution is 2.21. The van der Waals surface area contributed by atoms with Gasteiger partial charge in [-0.2, -0.15) is 0 Å². The van der Waals surface area contributed by atoms with E-state index in [2.05, 4.69) is 16.0 Å². The number of hydrogen-bond acceptors (Lipinski definition) is 5. The molecule has 0 spiro atoms. The van der Waals surface area contributed by atoms with Crippen molar-refractivity contribution in [2.24, 2.45) is 10.8 Å². The lowest BCUT2D eigenvalue weighted by molar-refractivity contribution is -0.485. The van der Waals surface area contributed by atoms with Crippen molar-refractivity contribution in [2.75, 3.05) is 13.2 Å². The lowest BCUT2D eigenvalue weighted by atomic mass is 10.2. The Hall–Kier alpha value is -1.94. The van der Waals surface area contributed by atoms with Crippen LogP contribution in [0.3, 0.4) is 0 Å². The minimum atomic E-state index is -0.987. The van der Waals surface area contributed by atoms with E-state index in [9.17, 15) is 14.9 Å². The molecule has 1 fully saturated rings. The Morgan fingerprint density at radius 1 is 1.53 bits per heavy atom. The molecule has 1 rings (SSSR count). The van der Waals surface area contributed by atoms with Crippen LogP contribution in [-0.2, 0) is 14.3 Å². The number of ether oxygens (including phenoxy) is 2. The number of nitrogens with two attached hydrogens (primary N) is 1. The smallest absolute Gasteiger partial charge is 0.284 e. The fraction of sp³-hybridized carbons (Fsp3) is 0.714. The molecule has 0 bridgehead atoms. The SMILES string of the molecule is CC1(CC(=O)NNC(N)=N[N+](=O)[O-])OCCO1. The Kier molecular flexibility index (Phi) is 4.17. The van der Waals surface area contributed by atoms with Gasteiger partial charge in [0.25, 0.3) is 5.96 Å². The van der Waals surface area contributed by atoms with Gasteiger partial charge in [0.15, 0.2) is 10.8 Å². The third-order valence-corrected chi connectivity index (χ3v) is 1.90. The average molecular weight is 247 g/mol. The van der Waals surface area contributed by atoms with E-state index < -0.39 is 22.7 Å². The monoisotopic (exact) mass is 247 g/mol. The van der Waals surface area contributed by atoms with Crippen LogP contribution in [0.5, 0.6) is 0 Å². The van der Waals surface area contributed by atoms with Crippen molar-refractivity contribution in [3.8, 4) is 0 Å². The molecule has 0 atom stereocenters. The van der Waals surface area contributed by atoms with Gasteiger partial charge in [-0.3, -0.25) is 15.6 Å². The molecule has 1 aliphatic heterocycles. The standard InChI is InChI=1S/C7H13N5O5/c1-7(16-2-3-17-7)4-5(13)9-10-6(8)11-12(14)15/h2-4H2,1H3,(H,9,13)(H3,8,10,11). The molecule has 1 heterocycles. The zero-order valence-electron chi connectivity index (χ0n) is 9.13. The van der Waals surface area contributed by atoms with Crippen LogP contribution in [-0.4, -0.2) is 35.9 Å². The topological polar surface area (TPSA) is 141 Å². The molecule has 0 aromatic rings. The molecule has 0 aromatic heterocycles. The maximum atomic E-state index is 11.4. The number of amides is 1.